The maximum atomic E-state index is 4.67. The second-order valence-corrected chi connectivity index (χ2v) is 3.73. The molecule has 3 rings (SSSR count). The largest absolute Gasteiger partial charge is 0.361 e. The third-order valence-electron chi connectivity index (χ3n) is 2.44. The molecule has 0 radical (unpaired) electrons. The number of hydrogen-bond acceptors (Lipinski definition) is 8. The lowest BCUT2D eigenvalue weighted by molar-refractivity contribution is 0.411. The van der Waals surface area contributed by atoms with Crippen LogP contribution in [0.25, 0.3) is 11.2 Å². The van der Waals surface area contributed by atoms with Gasteiger partial charge >= 0.3 is 0 Å². The van der Waals surface area contributed by atoms with Crippen LogP contribution >= 0.6 is 0 Å². The van der Waals surface area contributed by atoms with Gasteiger partial charge in [-0.3, -0.25) is 0 Å². The Morgan fingerprint density at radius 2 is 2.21 bits per heavy atom. The Morgan fingerprint density at radius 1 is 1.26 bits per heavy atom. The van der Waals surface area contributed by atoms with E-state index < -0.39 is 0 Å². The van der Waals surface area contributed by atoms with Crippen molar-refractivity contribution in [2.75, 3.05) is 17.2 Å². The van der Waals surface area contributed by atoms with Crippen molar-refractivity contribution >= 4 is 22.9 Å². The second-order valence-electron chi connectivity index (χ2n) is 3.73. The number of imidazole rings is 1. The van der Waals surface area contributed by atoms with Gasteiger partial charge in [0, 0.05) is 6.54 Å². The van der Waals surface area contributed by atoms with Crippen LogP contribution < -0.4 is 10.6 Å². The van der Waals surface area contributed by atoms with E-state index in [1.165, 1.54) is 6.39 Å². The predicted octanol–water partition coefficient (Wildman–Crippen LogP) is 0.780. The molecule has 0 bridgehead atoms. The molecule has 0 atom stereocenters. The molecular weight excluding hydrogens is 248 g/mol. The molecule has 0 fully saturated rings. The van der Waals surface area contributed by atoms with Crippen LogP contribution in [0.4, 0.5) is 11.8 Å². The summed E-state index contributed by atoms with van der Waals surface area (Å²) in [5, 5.41) is 9.91. The molecule has 0 spiro atoms. The minimum absolute atomic E-state index is 0.410. The van der Waals surface area contributed by atoms with Crippen molar-refractivity contribution in [2.45, 2.75) is 13.5 Å². The first-order valence-corrected chi connectivity index (χ1v) is 5.81. The van der Waals surface area contributed by atoms with Crippen LogP contribution in [-0.2, 0) is 6.54 Å². The number of aromatic amines is 1. The van der Waals surface area contributed by atoms with E-state index in [0.29, 0.717) is 29.8 Å². The monoisotopic (exact) mass is 260 g/mol. The molecule has 3 heterocycles. The fraction of sp³-hybridized carbons (Fsp3) is 0.300. The average molecular weight is 260 g/mol. The zero-order chi connectivity index (χ0) is 13.1. The molecule has 0 aromatic carbocycles. The van der Waals surface area contributed by atoms with Gasteiger partial charge in [0.15, 0.2) is 17.3 Å². The molecule has 9 heteroatoms. The van der Waals surface area contributed by atoms with Crippen LogP contribution in [0.15, 0.2) is 17.2 Å². The number of nitrogens with zero attached hydrogens (tertiary/aromatic N) is 5. The van der Waals surface area contributed by atoms with Gasteiger partial charge in [-0.2, -0.15) is 15.0 Å². The van der Waals surface area contributed by atoms with Gasteiger partial charge in [0.1, 0.15) is 5.52 Å². The number of fused-ring (bicyclic) bond motifs is 1. The Morgan fingerprint density at radius 3 is 3.00 bits per heavy atom. The van der Waals surface area contributed by atoms with Crippen LogP contribution in [0, 0.1) is 0 Å². The molecule has 0 amide bonds. The van der Waals surface area contributed by atoms with E-state index in [0.717, 1.165) is 12.1 Å². The van der Waals surface area contributed by atoms with Crippen molar-refractivity contribution in [3.8, 4) is 0 Å². The smallest absolute Gasteiger partial charge is 0.226 e. The van der Waals surface area contributed by atoms with Gasteiger partial charge in [0.05, 0.1) is 12.9 Å². The van der Waals surface area contributed by atoms with E-state index in [9.17, 15) is 0 Å². The molecule has 98 valence electrons. The summed E-state index contributed by atoms with van der Waals surface area (Å²) in [6.45, 7) is 3.12. The van der Waals surface area contributed by atoms with Crippen molar-refractivity contribution in [1.29, 1.82) is 0 Å². The van der Waals surface area contributed by atoms with Gasteiger partial charge in [-0.1, -0.05) is 5.16 Å². The van der Waals surface area contributed by atoms with Gasteiger partial charge in [-0.15, -0.1) is 0 Å². The first-order valence-electron chi connectivity index (χ1n) is 5.81. The molecule has 3 N–H and O–H groups in total. The highest BCUT2D eigenvalue weighted by molar-refractivity contribution is 5.83. The number of nitrogens with one attached hydrogen (secondary N) is 3. The molecule has 3 aromatic heterocycles. The summed E-state index contributed by atoms with van der Waals surface area (Å²) < 4.78 is 4.67. The minimum Gasteiger partial charge on any atom is -0.361 e. The maximum absolute atomic E-state index is 4.67. The number of aromatic nitrogens is 6. The van der Waals surface area contributed by atoms with E-state index in [-0.39, 0.29) is 0 Å². The number of rotatable bonds is 5. The fourth-order valence-electron chi connectivity index (χ4n) is 1.63. The Labute approximate surface area is 107 Å². The van der Waals surface area contributed by atoms with Gasteiger partial charge in [-0.05, 0) is 6.92 Å². The Bertz CT molecular complexity index is 661. The van der Waals surface area contributed by atoms with Crippen molar-refractivity contribution < 1.29 is 4.52 Å². The number of H-pyrrole nitrogens is 1. The summed E-state index contributed by atoms with van der Waals surface area (Å²) >= 11 is 0. The fourth-order valence-corrected chi connectivity index (χ4v) is 1.63. The predicted molar refractivity (Wildman–Crippen MR) is 67.5 cm³/mol. The Kier molecular flexibility index (Phi) is 2.93. The average Bonchev–Trinajstić information content (AvgIpc) is 3.07. The molecule has 19 heavy (non-hydrogen) atoms. The van der Waals surface area contributed by atoms with Gasteiger partial charge < -0.3 is 20.1 Å². The van der Waals surface area contributed by atoms with E-state index in [1.807, 2.05) is 6.92 Å². The van der Waals surface area contributed by atoms with Crippen molar-refractivity contribution in [1.82, 2.24) is 30.1 Å². The highest BCUT2D eigenvalue weighted by Crippen LogP contribution is 2.18. The molecular formula is C10H12N8O. The first kappa shape index (κ1) is 11.4. The van der Waals surface area contributed by atoms with Crippen molar-refractivity contribution in [3.05, 3.63) is 18.5 Å². The first-order chi connectivity index (χ1) is 9.36. The molecule has 0 saturated carbocycles. The second kappa shape index (κ2) is 4.88. The van der Waals surface area contributed by atoms with Crippen LogP contribution in [-0.4, -0.2) is 36.6 Å². The summed E-state index contributed by atoms with van der Waals surface area (Å²) in [4.78, 5) is 19.7. The lowest BCUT2D eigenvalue weighted by Gasteiger charge is -2.06. The zero-order valence-corrected chi connectivity index (χ0v) is 10.2. The third-order valence-corrected chi connectivity index (χ3v) is 2.44. The SMILES string of the molecule is CCNc1nc(NCc2ncon2)c2[nH]cnc2n1. The van der Waals surface area contributed by atoms with E-state index >= 15 is 0 Å². The maximum Gasteiger partial charge on any atom is 0.226 e. The number of anilines is 2. The summed E-state index contributed by atoms with van der Waals surface area (Å²) in [5.74, 6) is 1.72. The van der Waals surface area contributed by atoms with Crippen molar-refractivity contribution in [3.63, 3.8) is 0 Å². The third kappa shape index (κ3) is 2.30. The van der Waals surface area contributed by atoms with Crippen LogP contribution in [0.2, 0.25) is 0 Å². The molecule has 0 aliphatic heterocycles. The Balaban J connectivity index is 1.89. The summed E-state index contributed by atoms with van der Waals surface area (Å²) in [6.07, 6.45) is 2.86. The molecule has 3 aromatic rings. The van der Waals surface area contributed by atoms with Crippen LogP contribution in [0.5, 0.6) is 0 Å². The summed E-state index contributed by atoms with van der Waals surface area (Å²) in [7, 11) is 0. The van der Waals surface area contributed by atoms with Gasteiger partial charge in [0.2, 0.25) is 12.3 Å². The molecule has 0 saturated heterocycles. The molecule has 0 unspecified atom stereocenters. The van der Waals surface area contributed by atoms with E-state index in [1.54, 1.807) is 6.33 Å². The lowest BCUT2D eigenvalue weighted by atomic mass is 10.4. The van der Waals surface area contributed by atoms with Gasteiger partial charge in [0.25, 0.3) is 0 Å². The minimum atomic E-state index is 0.410. The standard InChI is InChI=1S/C10H12N8O/c1-2-11-10-16-8(7-9(17-10)14-4-13-7)12-3-6-15-5-19-18-6/h4-5H,2-3H2,1H3,(H3,11,12,13,14,16,17). The van der Waals surface area contributed by atoms with Gasteiger partial charge in [-0.25, -0.2) is 4.98 Å². The van der Waals surface area contributed by atoms with E-state index in [2.05, 4.69) is 45.2 Å². The van der Waals surface area contributed by atoms with Crippen LogP contribution in [0.1, 0.15) is 12.7 Å². The molecule has 9 nitrogen and oxygen atoms in total. The summed E-state index contributed by atoms with van der Waals surface area (Å²) in [6, 6.07) is 0. The number of hydrogen-bond donors (Lipinski definition) is 3. The topological polar surface area (TPSA) is 117 Å². The van der Waals surface area contributed by atoms with E-state index in [4.69, 9.17) is 0 Å². The quantitative estimate of drug-likeness (QED) is 0.616. The van der Waals surface area contributed by atoms with Crippen LogP contribution in [0.3, 0.4) is 0 Å². The molecule has 0 aliphatic carbocycles. The summed E-state index contributed by atoms with van der Waals surface area (Å²) in [5.41, 5.74) is 1.34. The zero-order valence-electron chi connectivity index (χ0n) is 10.2. The highest BCUT2D eigenvalue weighted by atomic mass is 16.5. The molecule has 0 aliphatic rings. The highest BCUT2D eigenvalue weighted by Gasteiger charge is 2.10. The van der Waals surface area contributed by atoms with Crippen molar-refractivity contribution in [2.24, 2.45) is 0 Å². The lowest BCUT2D eigenvalue weighted by Crippen LogP contribution is -2.08. The Hall–Kier alpha value is -2.71. The normalized spacial score (nSPS) is 10.8.